The van der Waals surface area contributed by atoms with Crippen LogP contribution in [0.15, 0.2) is 30.3 Å². The van der Waals surface area contributed by atoms with Crippen LogP contribution in [-0.4, -0.2) is 103 Å². The lowest BCUT2D eigenvalue weighted by molar-refractivity contribution is -0.149. The molecule has 2 heterocycles. The number of amides is 3. The van der Waals surface area contributed by atoms with Crippen molar-refractivity contribution in [3.63, 3.8) is 0 Å². The number of benzene rings is 1. The van der Waals surface area contributed by atoms with E-state index in [1.165, 1.54) is 4.90 Å². The zero-order valence-electron chi connectivity index (χ0n) is 23.5. The number of nitrogens with one attached hydrogen (secondary N) is 1. The van der Waals surface area contributed by atoms with Crippen LogP contribution >= 0.6 is 0 Å². The Balaban J connectivity index is 1.70. The number of ether oxygens (including phenoxy) is 1. The van der Waals surface area contributed by atoms with Gasteiger partial charge in [0.05, 0.1) is 12.2 Å². The molecule has 0 unspecified atom stereocenters. The van der Waals surface area contributed by atoms with Crippen molar-refractivity contribution in [2.45, 2.75) is 82.4 Å². The number of hydrogen-bond acceptors (Lipinski definition) is 7. The largest absolute Gasteiger partial charge is 0.480 e. The zero-order valence-corrected chi connectivity index (χ0v) is 24.4. The number of piperidine rings is 1. The van der Waals surface area contributed by atoms with Gasteiger partial charge in [-0.05, 0) is 52.0 Å². The van der Waals surface area contributed by atoms with Gasteiger partial charge in [-0.1, -0.05) is 30.3 Å². The van der Waals surface area contributed by atoms with Gasteiger partial charge < -0.3 is 24.5 Å². The standard InChI is InChI=1S/C27H40N4O8S/c1-27(2,3)39-26(36)30-15-12-20(13-16-30)29(4)23(32)17-21(24(33)31-14-8-11-22(31)25(34)35)28-40(37,38)18-19-9-6-5-7-10-19/h5-7,9-10,20-22,28H,8,11-18H2,1-4H3,(H,34,35)/t21-,22+/m1/s1. The number of carbonyl (C=O) groups is 4. The Bertz CT molecular complexity index is 1180. The van der Waals surface area contributed by atoms with Crippen molar-refractivity contribution in [3.05, 3.63) is 35.9 Å². The molecule has 0 radical (unpaired) electrons. The van der Waals surface area contributed by atoms with E-state index in [1.807, 2.05) is 0 Å². The van der Waals surface area contributed by atoms with E-state index in [1.54, 1.807) is 63.1 Å². The maximum absolute atomic E-state index is 13.5. The topological polar surface area (TPSA) is 154 Å². The molecular weight excluding hydrogens is 540 g/mol. The minimum Gasteiger partial charge on any atom is -0.480 e. The number of nitrogens with zero attached hydrogens (tertiary/aromatic N) is 3. The third-order valence-corrected chi connectivity index (χ3v) is 8.43. The molecule has 0 aromatic heterocycles. The molecule has 40 heavy (non-hydrogen) atoms. The zero-order chi connectivity index (χ0) is 29.7. The summed E-state index contributed by atoms with van der Waals surface area (Å²) in [6.45, 7) is 6.30. The van der Waals surface area contributed by atoms with Crippen molar-refractivity contribution >= 4 is 33.9 Å². The smallest absolute Gasteiger partial charge is 0.410 e. The monoisotopic (exact) mass is 580 g/mol. The van der Waals surface area contributed by atoms with E-state index in [4.69, 9.17) is 4.74 Å². The number of aliphatic carboxylic acids is 1. The predicted octanol–water partition coefficient (Wildman–Crippen LogP) is 1.80. The van der Waals surface area contributed by atoms with E-state index in [0.717, 1.165) is 4.90 Å². The van der Waals surface area contributed by atoms with Gasteiger partial charge in [-0.25, -0.2) is 22.7 Å². The molecule has 0 aliphatic carbocycles. The number of rotatable bonds is 9. The van der Waals surface area contributed by atoms with Crippen LogP contribution in [-0.2, 0) is 34.9 Å². The summed E-state index contributed by atoms with van der Waals surface area (Å²) in [4.78, 5) is 55.1. The van der Waals surface area contributed by atoms with Gasteiger partial charge in [-0.3, -0.25) is 9.59 Å². The van der Waals surface area contributed by atoms with Crippen LogP contribution in [0.2, 0.25) is 0 Å². The van der Waals surface area contributed by atoms with Crippen molar-refractivity contribution in [1.82, 2.24) is 19.4 Å². The van der Waals surface area contributed by atoms with Gasteiger partial charge in [-0.2, -0.15) is 0 Å². The van der Waals surface area contributed by atoms with Crippen LogP contribution in [0.25, 0.3) is 0 Å². The van der Waals surface area contributed by atoms with Crippen molar-refractivity contribution < 1.29 is 37.4 Å². The second-order valence-corrected chi connectivity index (χ2v) is 13.1. The minimum absolute atomic E-state index is 0.167. The number of carboxylic acids is 1. The molecule has 3 amide bonds. The number of likely N-dealkylation sites (tertiary alicyclic amines) is 2. The second kappa shape index (κ2) is 13.0. The van der Waals surface area contributed by atoms with Gasteiger partial charge in [0.2, 0.25) is 21.8 Å². The Morgan fingerprint density at radius 2 is 1.70 bits per heavy atom. The first-order valence-electron chi connectivity index (χ1n) is 13.5. The highest BCUT2D eigenvalue weighted by Gasteiger charge is 2.40. The Morgan fingerprint density at radius 3 is 2.27 bits per heavy atom. The molecule has 2 aliphatic rings. The maximum atomic E-state index is 13.5. The highest BCUT2D eigenvalue weighted by Crippen LogP contribution is 2.22. The first kappa shape index (κ1) is 31.3. The van der Waals surface area contributed by atoms with E-state index in [9.17, 15) is 32.7 Å². The SMILES string of the molecule is CN(C(=O)C[C@@H](NS(=O)(=O)Cc1ccccc1)C(=O)N1CCC[C@H]1C(=O)O)C1CCN(C(=O)OC(C)(C)C)CC1. The molecule has 0 spiro atoms. The third-order valence-electron chi connectivity index (χ3n) is 7.08. The molecular formula is C27H40N4O8S. The number of sulfonamides is 1. The van der Waals surface area contributed by atoms with Crippen LogP contribution in [0, 0.1) is 0 Å². The number of hydrogen-bond donors (Lipinski definition) is 2. The van der Waals surface area contributed by atoms with Crippen LogP contribution in [0.5, 0.6) is 0 Å². The van der Waals surface area contributed by atoms with Crippen molar-refractivity contribution in [3.8, 4) is 0 Å². The molecule has 222 valence electrons. The van der Waals surface area contributed by atoms with E-state index < -0.39 is 63.8 Å². The number of carboxylic acid groups (broad SMARTS) is 1. The van der Waals surface area contributed by atoms with Gasteiger partial charge in [0.1, 0.15) is 17.7 Å². The summed E-state index contributed by atoms with van der Waals surface area (Å²) in [5.74, 6) is -2.75. The Hall–Kier alpha value is -3.19. The quantitative estimate of drug-likeness (QED) is 0.448. The maximum Gasteiger partial charge on any atom is 0.410 e. The first-order chi connectivity index (χ1) is 18.7. The average Bonchev–Trinajstić information content (AvgIpc) is 3.37. The van der Waals surface area contributed by atoms with Crippen LogP contribution < -0.4 is 4.72 Å². The van der Waals surface area contributed by atoms with Crippen LogP contribution in [0.4, 0.5) is 4.79 Å². The average molecular weight is 581 g/mol. The summed E-state index contributed by atoms with van der Waals surface area (Å²) >= 11 is 0. The molecule has 1 aromatic rings. The molecule has 2 N–H and O–H groups in total. The first-order valence-corrected chi connectivity index (χ1v) is 15.1. The van der Waals surface area contributed by atoms with Gasteiger partial charge in [-0.15, -0.1) is 0 Å². The molecule has 1 aromatic carbocycles. The predicted molar refractivity (Wildman–Crippen MR) is 147 cm³/mol. The normalized spacial score (nSPS) is 19.2. The van der Waals surface area contributed by atoms with Gasteiger partial charge in [0.25, 0.3) is 0 Å². The fourth-order valence-corrected chi connectivity index (χ4v) is 6.34. The summed E-state index contributed by atoms with van der Waals surface area (Å²) in [6, 6.07) is 5.68. The minimum atomic E-state index is -4.05. The van der Waals surface area contributed by atoms with E-state index in [-0.39, 0.29) is 19.0 Å². The summed E-state index contributed by atoms with van der Waals surface area (Å²) < 4.78 is 33.9. The lowest BCUT2D eigenvalue weighted by Gasteiger charge is -2.37. The molecule has 2 saturated heterocycles. The van der Waals surface area contributed by atoms with Crippen LogP contribution in [0.3, 0.4) is 0 Å². The van der Waals surface area contributed by atoms with Crippen LogP contribution in [0.1, 0.15) is 58.4 Å². The molecule has 2 aliphatic heterocycles. The molecule has 12 nitrogen and oxygen atoms in total. The van der Waals surface area contributed by atoms with E-state index in [2.05, 4.69) is 4.72 Å². The van der Waals surface area contributed by atoms with Crippen molar-refractivity contribution in [2.24, 2.45) is 0 Å². The molecule has 3 rings (SSSR count). The van der Waals surface area contributed by atoms with E-state index >= 15 is 0 Å². The third kappa shape index (κ3) is 8.65. The molecule has 2 atom stereocenters. The van der Waals surface area contributed by atoms with E-state index in [0.29, 0.717) is 37.9 Å². The summed E-state index contributed by atoms with van der Waals surface area (Å²) in [7, 11) is -2.46. The Labute approximate surface area is 235 Å². The van der Waals surface area contributed by atoms with Gasteiger partial charge >= 0.3 is 12.1 Å². The lowest BCUT2D eigenvalue weighted by atomic mass is 10.0. The number of carbonyl (C=O) groups excluding carboxylic acids is 3. The van der Waals surface area contributed by atoms with Crippen molar-refractivity contribution in [2.75, 3.05) is 26.7 Å². The Morgan fingerprint density at radius 1 is 1.07 bits per heavy atom. The fourth-order valence-electron chi connectivity index (χ4n) is 5.00. The van der Waals surface area contributed by atoms with Gasteiger partial charge in [0.15, 0.2) is 0 Å². The summed E-state index contributed by atoms with van der Waals surface area (Å²) in [6.07, 6.45) is 0.834. The van der Waals surface area contributed by atoms with Gasteiger partial charge in [0, 0.05) is 32.7 Å². The molecule has 0 saturated carbocycles. The lowest BCUT2D eigenvalue weighted by Crippen LogP contribution is -2.54. The summed E-state index contributed by atoms with van der Waals surface area (Å²) in [5, 5.41) is 9.56. The fraction of sp³-hybridized carbons (Fsp3) is 0.630. The highest BCUT2D eigenvalue weighted by molar-refractivity contribution is 7.88. The molecule has 0 bridgehead atoms. The second-order valence-electron chi connectivity index (χ2n) is 11.4. The van der Waals surface area contributed by atoms with Crippen molar-refractivity contribution in [1.29, 1.82) is 0 Å². The summed E-state index contributed by atoms with van der Waals surface area (Å²) in [5.41, 5.74) is -0.114. The molecule has 13 heteroatoms. The molecule has 2 fully saturated rings. The Kier molecular flexibility index (Phi) is 10.2. The highest BCUT2D eigenvalue weighted by atomic mass is 32.2.